The van der Waals surface area contributed by atoms with E-state index < -0.39 is 10.0 Å². The van der Waals surface area contributed by atoms with Crippen molar-refractivity contribution in [2.24, 2.45) is 5.14 Å². The Morgan fingerprint density at radius 2 is 2.20 bits per heavy atom. The molecule has 0 aliphatic carbocycles. The Balaban J connectivity index is 3.12. The zero-order valence-corrected chi connectivity index (χ0v) is 10.0. The summed E-state index contributed by atoms with van der Waals surface area (Å²) in [7, 11) is -3.73. The maximum atomic E-state index is 11.4. The molecule has 0 aromatic carbocycles. The summed E-state index contributed by atoms with van der Waals surface area (Å²) in [5, 5.41) is 7.58. The smallest absolute Gasteiger partial charge is 0.261 e. The third-order valence-corrected chi connectivity index (χ3v) is 3.96. The van der Waals surface area contributed by atoms with Crippen LogP contribution in [0.5, 0.6) is 0 Å². The van der Waals surface area contributed by atoms with Crippen LogP contribution < -0.4 is 10.5 Å². The van der Waals surface area contributed by atoms with Crippen LogP contribution in [0.25, 0.3) is 0 Å². The van der Waals surface area contributed by atoms with Gasteiger partial charge in [0.2, 0.25) is 10.0 Å². The van der Waals surface area contributed by atoms with E-state index in [0.29, 0.717) is 16.3 Å². The number of carbonyl (C=O) groups is 1. The quantitative estimate of drug-likeness (QED) is 0.814. The highest BCUT2D eigenvalue weighted by molar-refractivity contribution is 7.89. The molecular weight excluding hydrogens is 236 g/mol. The summed E-state index contributed by atoms with van der Waals surface area (Å²) in [6.45, 7) is 3.91. The van der Waals surface area contributed by atoms with Crippen molar-refractivity contribution in [3.05, 3.63) is 15.8 Å². The largest absolute Gasteiger partial charge is 0.352 e. The second-order valence-electron chi connectivity index (χ2n) is 2.94. The monoisotopic (exact) mass is 248 g/mol. The molecule has 1 rings (SSSR count). The van der Waals surface area contributed by atoms with E-state index >= 15 is 0 Å². The van der Waals surface area contributed by atoms with E-state index in [0.717, 1.165) is 11.3 Å². The van der Waals surface area contributed by atoms with Gasteiger partial charge in [-0.25, -0.2) is 13.6 Å². The number of nitrogens with two attached hydrogens (primary N) is 1. The molecule has 3 N–H and O–H groups in total. The van der Waals surface area contributed by atoms with Crippen molar-refractivity contribution in [2.45, 2.75) is 18.7 Å². The second kappa shape index (κ2) is 4.30. The van der Waals surface area contributed by atoms with Crippen LogP contribution in [0, 0.1) is 6.92 Å². The SMILES string of the molecule is CCNC(=O)c1cc(S(N)(=O)=O)c(C)s1. The van der Waals surface area contributed by atoms with Gasteiger partial charge in [-0.15, -0.1) is 11.3 Å². The third-order valence-electron chi connectivity index (χ3n) is 1.74. The average Bonchev–Trinajstić information content (AvgIpc) is 2.47. The molecule has 84 valence electrons. The zero-order chi connectivity index (χ0) is 11.6. The highest BCUT2D eigenvalue weighted by atomic mass is 32.2. The molecule has 0 unspecified atom stereocenters. The van der Waals surface area contributed by atoms with Crippen molar-refractivity contribution in [3.8, 4) is 0 Å². The zero-order valence-electron chi connectivity index (χ0n) is 8.40. The van der Waals surface area contributed by atoms with Gasteiger partial charge < -0.3 is 5.32 Å². The van der Waals surface area contributed by atoms with E-state index in [1.165, 1.54) is 6.07 Å². The van der Waals surface area contributed by atoms with Crippen LogP contribution in [0.3, 0.4) is 0 Å². The molecule has 0 aliphatic heterocycles. The molecule has 0 radical (unpaired) electrons. The standard InChI is InChI=1S/C8H12N2O3S2/c1-3-10-8(11)6-4-7(5(2)14-6)15(9,12)13/h4H,3H2,1-2H3,(H,10,11)(H2,9,12,13). The Morgan fingerprint density at radius 1 is 1.60 bits per heavy atom. The number of aryl methyl sites for hydroxylation is 1. The predicted octanol–water partition coefficient (Wildman–Crippen LogP) is 0.454. The van der Waals surface area contributed by atoms with Crippen molar-refractivity contribution >= 4 is 27.3 Å². The fourth-order valence-electron chi connectivity index (χ4n) is 1.11. The summed E-state index contributed by atoms with van der Waals surface area (Å²) in [5.74, 6) is -0.277. The van der Waals surface area contributed by atoms with Gasteiger partial charge in [-0.2, -0.15) is 0 Å². The van der Waals surface area contributed by atoms with Crippen LogP contribution in [0.2, 0.25) is 0 Å². The van der Waals surface area contributed by atoms with Crippen molar-refractivity contribution in [1.29, 1.82) is 0 Å². The van der Waals surface area contributed by atoms with Crippen LogP contribution in [0.1, 0.15) is 21.5 Å². The van der Waals surface area contributed by atoms with Gasteiger partial charge in [0.15, 0.2) is 0 Å². The molecule has 15 heavy (non-hydrogen) atoms. The molecule has 0 bridgehead atoms. The van der Waals surface area contributed by atoms with Crippen LogP contribution in [0.15, 0.2) is 11.0 Å². The highest BCUT2D eigenvalue weighted by Gasteiger charge is 2.18. The van der Waals surface area contributed by atoms with Gasteiger partial charge >= 0.3 is 0 Å². The molecule has 7 heteroatoms. The Labute approximate surface area is 92.3 Å². The number of hydrogen-bond donors (Lipinski definition) is 2. The van der Waals surface area contributed by atoms with E-state index in [4.69, 9.17) is 5.14 Å². The first-order valence-corrected chi connectivity index (χ1v) is 6.64. The minimum Gasteiger partial charge on any atom is -0.352 e. The summed E-state index contributed by atoms with van der Waals surface area (Å²) < 4.78 is 22.2. The van der Waals surface area contributed by atoms with Gasteiger partial charge in [-0.3, -0.25) is 4.79 Å². The van der Waals surface area contributed by atoms with Crippen LogP contribution in [-0.2, 0) is 10.0 Å². The average molecular weight is 248 g/mol. The number of nitrogens with one attached hydrogen (secondary N) is 1. The molecule has 0 aliphatic rings. The number of amides is 1. The molecule has 0 fully saturated rings. The summed E-state index contributed by atoms with van der Waals surface area (Å²) in [6.07, 6.45) is 0. The molecule has 1 aromatic heterocycles. The number of sulfonamides is 1. The first kappa shape index (κ1) is 12.2. The fourth-order valence-corrected chi connectivity index (χ4v) is 3.17. The summed E-state index contributed by atoms with van der Waals surface area (Å²) >= 11 is 1.12. The lowest BCUT2D eigenvalue weighted by Crippen LogP contribution is -2.21. The topological polar surface area (TPSA) is 89.3 Å². The van der Waals surface area contributed by atoms with E-state index in [1.54, 1.807) is 13.8 Å². The molecule has 1 heterocycles. The van der Waals surface area contributed by atoms with Crippen molar-refractivity contribution < 1.29 is 13.2 Å². The van der Waals surface area contributed by atoms with Crippen molar-refractivity contribution in [1.82, 2.24) is 5.32 Å². The first-order chi connectivity index (χ1) is 6.86. The van der Waals surface area contributed by atoms with Gasteiger partial charge in [0, 0.05) is 11.4 Å². The number of primary sulfonamides is 1. The Kier molecular flexibility index (Phi) is 3.48. The molecule has 0 saturated carbocycles. The Bertz CT molecular complexity index is 476. The van der Waals surface area contributed by atoms with E-state index in [1.807, 2.05) is 0 Å². The summed E-state index contributed by atoms with van der Waals surface area (Å²) in [6, 6.07) is 1.31. The molecular formula is C8H12N2O3S2. The maximum absolute atomic E-state index is 11.4. The van der Waals surface area contributed by atoms with Crippen LogP contribution >= 0.6 is 11.3 Å². The van der Waals surface area contributed by atoms with Crippen molar-refractivity contribution in [2.75, 3.05) is 6.54 Å². The van der Waals surface area contributed by atoms with Gasteiger partial charge in [-0.05, 0) is 19.9 Å². The molecule has 0 atom stereocenters. The third kappa shape index (κ3) is 2.77. The summed E-state index contributed by atoms with van der Waals surface area (Å²) in [4.78, 5) is 12.3. The lowest BCUT2D eigenvalue weighted by atomic mass is 10.4. The number of carbonyl (C=O) groups excluding carboxylic acids is 1. The molecule has 1 aromatic rings. The van der Waals surface area contributed by atoms with E-state index in [9.17, 15) is 13.2 Å². The predicted molar refractivity (Wildman–Crippen MR) is 58.4 cm³/mol. The molecule has 0 spiro atoms. The first-order valence-electron chi connectivity index (χ1n) is 4.27. The highest BCUT2D eigenvalue weighted by Crippen LogP contribution is 2.24. The molecule has 0 saturated heterocycles. The second-order valence-corrected chi connectivity index (χ2v) is 5.72. The number of thiophene rings is 1. The lowest BCUT2D eigenvalue weighted by molar-refractivity contribution is 0.0959. The summed E-state index contributed by atoms with van der Waals surface area (Å²) in [5.41, 5.74) is 0. The van der Waals surface area contributed by atoms with E-state index in [2.05, 4.69) is 5.32 Å². The van der Waals surface area contributed by atoms with Crippen LogP contribution in [0.4, 0.5) is 0 Å². The van der Waals surface area contributed by atoms with Crippen LogP contribution in [-0.4, -0.2) is 20.9 Å². The normalized spacial score (nSPS) is 11.4. The Morgan fingerprint density at radius 3 is 2.60 bits per heavy atom. The molecule has 5 nitrogen and oxygen atoms in total. The maximum Gasteiger partial charge on any atom is 0.261 e. The van der Waals surface area contributed by atoms with Gasteiger partial charge in [0.25, 0.3) is 5.91 Å². The molecule has 1 amide bonds. The van der Waals surface area contributed by atoms with Crippen molar-refractivity contribution in [3.63, 3.8) is 0 Å². The van der Waals surface area contributed by atoms with E-state index in [-0.39, 0.29) is 10.8 Å². The minimum absolute atomic E-state index is 0.0220. The number of hydrogen-bond acceptors (Lipinski definition) is 4. The number of rotatable bonds is 3. The fraction of sp³-hybridized carbons (Fsp3) is 0.375. The van der Waals surface area contributed by atoms with Gasteiger partial charge in [0.05, 0.1) is 9.77 Å². The van der Waals surface area contributed by atoms with Gasteiger partial charge in [-0.1, -0.05) is 0 Å². The van der Waals surface area contributed by atoms with Gasteiger partial charge in [0.1, 0.15) is 0 Å². The minimum atomic E-state index is -3.73. The Hall–Kier alpha value is -0.920. The lowest BCUT2D eigenvalue weighted by Gasteiger charge is -1.96.